The van der Waals surface area contributed by atoms with Gasteiger partial charge in [-0.2, -0.15) is 0 Å². The minimum atomic E-state index is -3.16. The zero-order valence-corrected chi connectivity index (χ0v) is 11.6. The molecule has 1 unspecified atom stereocenters. The molecule has 0 spiro atoms. The first kappa shape index (κ1) is 14.1. The molecule has 0 aliphatic rings. The summed E-state index contributed by atoms with van der Waals surface area (Å²) in [4.78, 5) is 4.05. The molecule has 96 valence electrons. The van der Waals surface area contributed by atoms with Crippen LogP contribution in [0.2, 0.25) is 0 Å². The van der Waals surface area contributed by atoms with E-state index in [2.05, 4.69) is 10.3 Å². The molecule has 0 saturated carbocycles. The maximum absolute atomic E-state index is 11.9. The summed E-state index contributed by atoms with van der Waals surface area (Å²) in [6.45, 7) is 6.14. The summed E-state index contributed by atoms with van der Waals surface area (Å²) in [6, 6.07) is 3.46. The van der Waals surface area contributed by atoms with E-state index in [1.165, 1.54) is 6.26 Å². The largest absolute Gasteiger partial charge is 0.309 e. The van der Waals surface area contributed by atoms with Gasteiger partial charge in [-0.1, -0.05) is 13.0 Å². The maximum atomic E-state index is 11.9. The van der Waals surface area contributed by atoms with E-state index in [0.29, 0.717) is 6.54 Å². The summed E-state index contributed by atoms with van der Waals surface area (Å²) in [5, 5.41) is 3.23. The molecule has 0 radical (unpaired) electrons. The van der Waals surface area contributed by atoms with Gasteiger partial charge in [-0.25, -0.2) is 8.42 Å². The fraction of sp³-hybridized carbons (Fsp3) is 0.583. The third kappa shape index (κ3) is 3.04. The van der Waals surface area contributed by atoms with Crippen LogP contribution in [0.5, 0.6) is 0 Å². The lowest BCUT2D eigenvalue weighted by Crippen LogP contribution is -2.45. The lowest BCUT2D eigenvalue weighted by Gasteiger charge is -2.33. The maximum Gasteiger partial charge on any atom is 0.154 e. The van der Waals surface area contributed by atoms with E-state index in [-0.39, 0.29) is 6.04 Å². The van der Waals surface area contributed by atoms with Crippen LogP contribution in [0.4, 0.5) is 0 Å². The number of nitrogens with zero attached hydrogens (tertiary/aromatic N) is 1. The number of rotatable bonds is 5. The Morgan fingerprint density at radius 3 is 2.53 bits per heavy atom. The van der Waals surface area contributed by atoms with Crippen molar-refractivity contribution in [2.24, 2.45) is 0 Å². The van der Waals surface area contributed by atoms with E-state index in [0.717, 1.165) is 5.56 Å². The number of pyridine rings is 1. The van der Waals surface area contributed by atoms with Gasteiger partial charge < -0.3 is 5.32 Å². The first-order valence-corrected chi connectivity index (χ1v) is 7.52. The van der Waals surface area contributed by atoms with Gasteiger partial charge in [0.2, 0.25) is 0 Å². The second-order valence-electron chi connectivity index (χ2n) is 4.65. The highest BCUT2D eigenvalue weighted by Gasteiger charge is 2.39. The second kappa shape index (κ2) is 5.14. The number of nitrogens with one attached hydrogen (secondary N) is 1. The fourth-order valence-electron chi connectivity index (χ4n) is 1.73. The van der Waals surface area contributed by atoms with Gasteiger partial charge in [0.1, 0.15) is 0 Å². The van der Waals surface area contributed by atoms with E-state index >= 15 is 0 Å². The van der Waals surface area contributed by atoms with Gasteiger partial charge in [-0.15, -0.1) is 0 Å². The standard InChI is InChI=1S/C12H20N2O2S/c1-5-14-11(10-7-6-8-13-9-10)12(2,3)17(4,15)16/h6-9,11,14H,5H2,1-4H3. The van der Waals surface area contributed by atoms with Crippen molar-refractivity contribution in [1.29, 1.82) is 0 Å². The third-order valence-corrected chi connectivity index (χ3v) is 5.22. The Morgan fingerprint density at radius 1 is 1.47 bits per heavy atom. The minimum Gasteiger partial charge on any atom is -0.309 e. The molecular weight excluding hydrogens is 236 g/mol. The van der Waals surface area contributed by atoms with Crippen LogP contribution in [-0.4, -0.2) is 30.9 Å². The summed E-state index contributed by atoms with van der Waals surface area (Å²) < 4.78 is 22.9. The number of sulfone groups is 1. The Labute approximate surface area is 103 Å². The predicted molar refractivity (Wildman–Crippen MR) is 69.6 cm³/mol. The highest BCUT2D eigenvalue weighted by molar-refractivity contribution is 7.92. The van der Waals surface area contributed by atoms with Gasteiger partial charge in [0.15, 0.2) is 9.84 Å². The van der Waals surface area contributed by atoms with Gasteiger partial charge >= 0.3 is 0 Å². The summed E-state index contributed by atoms with van der Waals surface area (Å²) >= 11 is 0. The quantitative estimate of drug-likeness (QED) is 0.868. The normalized spacial score (nSPS) is 14.6. The number of aromatic nitrogens is 1. The molecule has 1 atom stereocenters. The average molecular weight is 256 g/mol. The van der Waals surface area contributed by atoms with Crippen molar-refractivity contribution >= 4 is 9.84 Å². The first-order valence-electron chi connectivity index (χ1n) is 5.63. The molecule has 4 nitrogen and oxygen atoms in total. The van der Waals surface area contributed by atoms with E-state index in [1.54, 1.807) is 26.2 Å². The van der Waals surface area contributed by atoms with Crippen molar-refractivity contribution in [2.45, 2.75) is 31.6 Å². The average Bonchev–Trinajstić information content (AvgIpc) is 2.25. The lowest BCUT2D eigenvalue weighted by atomic mass is 9.96. The van der Waals surface area contributed by atoms with Crippen LogP contribution in [0.3, 0.4) is 0 Å². The Kier molecular flexibility index (Phi) is 4.27. The first-order chi connectivity index (χ1) is 7.80. The Morgan fingerprint density at radius 2 is 2.12 bits per heavy atom. The monoisotopic (exact) mass is 256 g/mol. The molecule has 0 bridgehead atoms. The highest BCUT2D eigenvalue weighted by Crippen LogP contribution is 2.31. The van der Waals surface area contributed by atoms with Crippen molar-refractivity contribution < 1.29 is 8.42 Å². The van der Waals surface area contributed by atoms with E-state index < -0.39 is 14.6 Å². The van der Waals surface area contributed by atoms with Crippen LogP contribution in [0.25, 0.3) is 0 Å². The Hall–Kier alpha value is -0.940. The van der Waals surface area contributed by atoms with Crippen LogP contribution in [-0.2, 0) is 9.84 Å². The van der Waals surface area contributed by atoms with Crippen LogP contribution < -0.4 is 5.32 Å². The molecule has 0 saturated heterocycles. The van der Waals surface area contributed by atoms with Crippen LogP contribution in [0.1, 0.15) is 32.4 Å². The summed E-state index contributed by atoms with van der Waals surface area (Å²) in [5.41, 5.74) is 0.893. The van der Waals surface area contributed by atoms with Crippen LogP contribution in [0, 0.1) is 0 Å². The van der Waals surface area contributed by atoms with Crippen LogP contribution >= 0.6 is 0 Å². The van der Waals surface area contributed by atoms with Gasteiger partial charge in [0.25, 0.3) is 0 Å². The van der Waals surface area contributed by atoms with E-state index in [4.69, 9.17) is 0 Å². The van der Waals surface area contributed by atoms with E-state index in [1.807, 2.05) is 19.1 Å². The SMILES string of the molecule is CCNC(c1cccnc1)C(C)(C)S(C)(=O)=O. The van der Waals surface area contributed by atoms with Crippen molar-refractivity contribution in [3.8, 4) is 0 Å². The van der Waals surface area contributed by atoms with Crippen molar-refractivity contribution in [2.75, 3.05) is 12.8 Å². The summed E-state index contributed by atoms with van der Waals surface area (Å²) in [5.74, 6) is 0. The molecular formula is C12H20N2O2S. The van der Waals surface area contributed by atoms with Gasteiger partial charge in [0.05, 0.1) is 10.8 Å². The number of hydrogen-bond acceptors (Lipinski definition) is 4. The Bertz CT molecular complexity index is 455. The van der Waals surface area contributed by atoms with Crippen LogP contribution in [0.15, 0.2) is 24.5 Å². The molecule has 1 heterocycles. The third-order valence-electron chi connectivity index (χ3n) is 3.08. The zero-order chi connectivity index (χ0) is 13.1. The lowest BCUT2D eigenvalue weighted by molar-refractivity contribution is 0.427. The molecule has 0 fully saturated rings. The molecule has 0 aliphatic carbocycles. The van der Waals surface area contributed by atoms with Gasteiger partial charge in [-0.05, 0) is 32.0 Å². The highest BCUT2D eigenvalue weighted by atomic mass is 32.2. The molecule has 5 heteroatoms. The van der Waals surface area contributed by atoms with Crippen molar-refractivity contribution in [3.63, 3.8) is 0 Å². The zero-order valence-electron chi connectivity index (χ0n) is 10.8. The molecule has 1 rings (SSSR count). The topological polar surface area (TPSA) is 59.1 Å². The minimum absolute atomic E-state index is 0.254. The Balaban J connectivity index is 3.19. The molecule has 17 heavy (non-hydrogen) atoms. The second-order valence-corrected chi connectivity index (χ2v) is 7.25. The molecule has 1 aromatic heterocycles. The molecule has 0 amide bonds. The fourth-order valence-corrected chi connectivity index (χ4v) is 2.38. The molecule has 0 aromatic carbocycles. The predicted octanol–water partition coefficient (Wildman–Crippen LogP) is 1.56. The number of hydrogen-bond donors (Lipinski definition) is 1. The molecule has 0 aliphatic heterocycles. The van der Waals surface area contributed by atoms with Crippen molar-refractivity contribution in [3.05, 3.63) is 30.1 Å². The molecule has 1 N–H and O–H groups in total. The summed E-state index contributed by atoms with van der Waals surface area (Å²) in [6.07, 6.45) is 4.66. The van der Waals surface area contributed by atoms with E-state index in [9.17, 15) is 8.42 Å². The van der Waals surface area contributed by atoms with Gasteiger partial charge in [0, 0.05) is 18.6 Å². The van der Waals surface area contributed by atoms with Gasteiger partial charge in [-0.3, -0.25) is 4.98 Å². The summed E-state index contributed by atoms with van der Waals surface area (Å²) in [7, 11) is -3.16. The smallest absolute Gasteiger partial charge is 0.154 e. The molecule has 1 aromatic rings. The van der Waals surface area contributed by atoms with Crippen molar-refractivity contribution in [1.82, 2.24) is 10.3 Å².